The molecule has 12 nitrogen and oxygen atoms in total. The van der Waals surface area contributed by atoms with Gasteiger partial charge in [-0.15, -0.1) is 15.6 Å². The second kappa shape index (κ2) is 23.1. The topological polar surface area (TPSA) is 189 Å². The average Bonchev–Trinajstić information content (AvgIpc) is 3.68. The molecule has 0 aliphatic heterocycles. The summed E-state index contributed by atoms with van der Waals surface area (Å²) in [5.74, 6) is 0.517. The van der Waals surface area contributed by atoms with Crippen LogP contribution in [0.25, 0.3) is 4.98 Å². The van der Waals surface area contributed by atoms with Gasteiger partial charge in [-0.05, 0) is 24.3 Å². The molecule has 0 spiro atoms. The van der Waals surface area contributed by atoms with Gasteiger partial charge in [-0.1, -0.05) is 54.6 Å². The van der Waals surface area contributed by atoms with E-state index in [0.717, 1.165) is 16.7 Å². The predicted octanol–water partition coefficient (Wildman–Crippen LogP) is 3.93. The number of imidazole rings is 2. The van der Waals surface area contributed by atoms with Crippen molar-refractivity contribution in [3.05, 3.63) is 137 Å². The van der Waals surface area contributed by atoms with E-state index in [-0.39, 0.29) is 29.6 Å². The van der Waals surface area contributed by atoms with Gasteiger partial charge in [0, 0.05) is 42.6 Å². The van der Waals surface area contributed by atoms with Crippen LogP contribution in [-0.2, 0) is 0 Å². The Hall–Kier alpha value is -4.70. The van der Waals surface area contributed by atoms with Gasteiger partial charge >= 0.3 is 35.2 Å². The maximum Gasteiger partial charge on any atom is 1.00 e. The zero-order valence-corrected chi connectivity index (χ0v) is 22.1. The molecule has 5 rings (SSSR count). The summed E-state index contributed by atoms with van der Waals surface area (Å²) in [5.41, 5.74) is 7.59. The van der Waals surface area contributed by atoms with Crippen LogP contribution < -0.4 is 35.3 Å². The molecule has 2 aromatic heterocycles. The van der Waals surface area contributed by atoms with E-state index in [1.165, 1.54) is 0 Å². The first-order valence-corrected chi connectivity index (χ1v) is 10.2. The van der Waals surface area contributed by atoms with Crippen molar-refractivity contribution in [2.45, 2.75) is 0 Å². The number of rotatable bonds is 2. The van der Waals surface area contributed by atoms with E-state index in [1.54, 1.807) is 43.2 Å². The predicted molar refractivity (Wildman–Crippen MR) is 139 cm³/mol. The SMILES string of the molecule is N#[N+]c1ccccc1.Nc1ccccc1.O=N[O-].[Na+].c1c[nH]cn1.c1ccc(N=Nc2ncc[nH]2)cc1. The fourth-order valence-corrected chi connectivity index (χ4v) is 2.07. The van der Waals surface area contributed by atoms with Gasteiger partial charge in [-0.25, -0.2) is 9.97 Å². The van der Waals surface area contributed by atoms with Gasteiger partial charge < -0.3 is 25.8 Å². The normalized spacial score (nSPS) is 8.51. The van der Waals surface area contributed by atoms with Crippen molar-refractivity contribution in [2.75, 3.05) is 5.73 Å². The van der Waals surface area contributed by atoms with Crippen molar-refractivity contribution >= 4 is 23.0 Å². The Morgan fingerprint density at radius 3 is 1.76 bits per heavy atom. The number of hydrogen-bond donors (Lipinski definition) is 3. The van der Waals surface area contributed by atoms with Gasteiger partial charge in [-0.2, -0.15) is 0 Å². The number of benzene rings is 3. The minimum absolute atomic E-state index is 0. The summed E-state index contributed by atoms with van der Waals surface area (Å²) in [4.78, 5) is 24.1. The summed E-state index contributed by atoms with van der Waals surface area (Å²) >= 11 is 0. The van der Waals surface area contributed by atoms with Gasteiger partial charge in [0.1, 0.15) is 0 Å². The van der Waals surface area contributed by atoms with Gasteiger partial charge in [0.25, 0.3) is 0 Å². The third-order valence-corrected chi connectivity index (χ3v) is 3.58. The molecule has 0 aliphatic carbocycles. The molecule has 0 atom stereocenters. The number of nitrogens with two attached hydrogens (primary N) is 1. The molecule has 0 saturated carbocycles. The number of aromatic amines is 2. The smallest absolute Gasteiger partial charge is 0.444 e. The monoisotopic (exact) mass is 507 g/mol. The molecule has 37 heavy (non-hydrogen) atoms. The summed E-state index contributed by atoms with van der Waals surface area (Å²) in [5, 5.41) is 25.0. The summed E-state index contributed by atoms with van der Waals surface area (Å²) in [6, 6.07) is 28.0. The molecule has 0 saturated heterocycles. The Bertz CT molecular complexity index is 1200. The number of nitrogen functional groups attached to an aromatic ring is 1. The van der Waals surface area contributed by atoms with Gasteiger partial charge in [0.2, 0.25) is 11.3 Å². The minimum Gasteiger partial charge on any atom is -0.444 e. The number of anilines is 1. The van der Waals surface area contributed by atoms with Crippen molar-refractivity contribution < 1.29 is 29.6 Å². The average molecular weight is 508 g/mol. The van der Waals surface area contributed by atoms with Crippen LogP contribution in [0.1, 0.15) is 0 Å². The van der Waals surface area contributed by atoms with Crippen LogP contribution in [0.3, 0.4) is 0 Å². The van der Waals surface area contributed by atoms with Crippen molar-refractivity contribution in [3.63, 3.8) is 0 Å². The zero-order chi connectivity index (χ0) is 26.1. The number of aromatic nitrogens is 4. The van der Waals surface area contributed by atoms with E-state index in [1.807, 2.05) is 78.9 Å². The summed E-state index contributed by atoms with van der Waals surface area (Å²) < 4.78 is 0. The number of nitrogens with one attached hydrogen (secondary N) is 2. The summed E-state index contributed by atoms with van der Waals surface area (Å²) in [6.07, 6.45) is 8.43. The molecule has 2 heterocycles. The largest absolute Gasteiger partial charge is 1.00 e. The Morgan fingerprint density at radius 2 is 1.41 bits per heavy atom. The molecular formula is C24H24N10NaO2+. The quantitative estimate of drug-likeness (QED) is 0.0810. The summed E-state index contributed by atoms with van der Waals surface area (Å²) in [6.45, 7) is 0. The molecule has 0 unspecified atom stereocenters. The van der Waals surface area contributed by atoms with Crippen molar-refractivity contribution in [2.24, 2.45) is 15.6 Å². The number of H-pyrrole nitrogens is 2. The Morgan fingerprint density at radius 1 is 0.838 bits per heavy atom. The first kappa shape index (κ1) is 32.3. The third kappa shape index (κ3) is 18.3. The maximum absolute atomic E-state index is 8.16. The van der Waals surface area contributed by atoms with E-state index in [9.17, 15) is 0 Å². The molecule has 0 amide bonds. The first-order valence-electron chi connectivity index (χ1n) is 10.2. The maximum atomic E-state index is 8.16. The summed E-state index contributed by atoms with van der Waals surface area (Å²) in [7, 11) is 0. The van der Waals surface area contributed by atoms with Crippen molar-refractivity contribution in [1.82, 2.24) is 19.9 Å². The van der Waals surface area contributed by atoms with Crippen molar-refractivity contribution in [3.8, 4) is 0 Å². The molecule has 182 valence electrons. The van der Waals surface area contributed by atoms with Gasteiger partial charge in [0.15, 0.2) is 4.98 Å². The first-order chi connectivity index (χ1) is 17.7. The number of hydrogen-bond acceptors (Lipinski definition) is 9. The second-order valence-electron chi connectivity index (χ2n) is 6.13. The zero-order valence-electron chi connectivity index (χ0n) is 20.1. The molecular weight excluding hydrogens is 483 g/mol. The molecule has 5 aromatic rings. The van der Waals surface area contributed by atoms with Gasteiger partial charge in [0.05, 0.1) is 12.0 Å². The van der Waals surface area contributed by atoms with Crippen LogP contribution in [0.15, 0.2) is 138 Å². The molecule has 13 heteroatoms. The van der Waals surface area contributed by atoms with Crippen LogP contribution in [0, 0.1) is 15.5 Å². The standard InChI is InChI=1S/C9H8N4.C6H5N2.C6H7N.C3H4N2.HNO2.Na/c1-2-4-8(5-3-1)12-13-9-10-6-7-11-9;7-8-6-4-2-1-3-5-6;7-6-4-2-1-3-5-6;1-2-5-3-4-1;2-1-3;/h1-7H,(H,10,11);1-5H;1-5H,7H2;1-3H,(H,4,5);(H,2,3);/q;+1;;;;+1/p-1. The van der Waals surface area contributed by atoms with Crippen molar-refractivity contribution in [1.29, 1.82) is 5.39 Å². The molecule has 4 N–H and O–H groups in total. The van der Waals surface area contributed by atoms with E-state index in [0.29, 0.717) is 11.6 Å². The molecule has 0 radical (unpaired) electrons. The van der Waals surface area contributed by atoms with E-state index < -0.39 is 0 Å². The molecule has 0 fully saturated rings. The second-order valence-corrected chi connectivity index (χ2v) is 6.13. The number of para-hydroxylation sites is 1. The van der Waals surface area contributed by atoms with E-state index in [2.05, 4.69) is 35.1 Å². The molecule has 0 aliphatic rings. The van der Waals surface area contributed by atoms with Crippen LogP contribution in [0.2, 0.25) is 0 Å². The van der Waals surface area contributed by atoms with Crippen LogP contribution in [0.5, 0.6) is 0 Å². The number of diazo groups is 1. The van der Waals surface area contributed by atoms with Gasteiger partial charge in [-0.3, -0.25) is 0 Å². The Balaban J connectivity index is 0.000000471. The number of azo groups is 1. The molecule has 0 bridgehead atoms. The third-order valence-electron chi connectivity index (χ3n) is 3.58. The Labute approximate surface area is 235 Å². The van der Waals surface area contributed by atoms with Crippen LogP contribution in [-0.4, -0.2) is 19.9 Å². The van der Waals surface area contributed by atoms with Crippen LogP contribution in [0.4, 0.5) is 23.0 Å². The minimum atomic E-state index is 0. The van der Waals surface area contributed by atoms with E-state index >= 15 is 0 Å². The van der Waals surface area contributed by atoms with E-state index in [4.69, 9.17) is 21.2 Å². The van der Waals surface area contributed by atoms with Crippen LogP contribution >= 0.6 is 0 Å². The Kier molecular flexibility index (Phi) is 20.1. The molecule has 3 aromatic carbocycles. The fourth-order valence-electron chi connectivity index (χ4n) is 2.07. The number of nitrogens with zero attached hydrogens (tertiary/aromatic N) is 7. The fraction of sp³-hybridized carbons (Fsp3) is 0.